The molecule has 0 aromatic carbocycles. The van der Waals surface area contributed by atoms with Gasteiger partial charge in [-0.05, 0) is 6.42 Å². The van der Waals surface area contributed by atoms with Gasteiger partial charge in [0, 0.05) is 6.42 Å². The van der Waals surface area contributed by atoms with E-state index in [1.165, 1.54) is 25.7 Å². The molecule has 0 fully saturated rings. The fraction of sp³-hybridized carbons (Fsp3) is 0.923. The van der Waals surface area contributed by atoms with Crippen LogP contribution >= 0.6 is 0 Å². The predicted molar refractivity (Wildman–Crippen MR) is 64.2 cm³/mol. The SMILES string of the molecule is CCCCCCCCCC(O)CC(O)C(=O)[O-].[Na+]. The Bertz CT molecular complexity index is 199. The van der Waals surface area contributed by atoms with Gasteiger partial charge in [-0.1, -0.05) is 51.9 Å². The van der Waals surface area contributed by atoms with Crippen LogP contribution in [0.25, 0.3) is 0 Å². The van der Waals surface area contributed by atoms with Gasteiger partial charge in [-0.3, -0.25) is 0 Å². The number of carboxylic acids is 1. The fourth-order valence-corrected chi connectivity index (χ4v) is 1.81. The van der Waals surface area contributed by atoms with Crippen LogP contribution in [0.15, 0.2) is 0 Å². The van der Waals surface area contributed by atoms with E-state index in [4.69, 9.17) is 5.11 Å². The Morgan fingerprint density at radius 2 is 1.56 bits per heavy atom. The van der Waals surface area contributed by atoms with Crippen LogP contribution in [0.3, 0.4) is 0 Å². The Morgan fingerprint density at radius 1 is 1.06 bits per heavy atom. The molecule has 0 rings (SSSR count). The van der Waals surface area contributed by atoms with Crippen molar-refractivity contribution >= 4 is 5.97 Å². The van der Waals surface area contributed by atoms with Crippen molar-refractivity contribution in [1.82, 2.24) is 0 Å². The monoisotopic (exact) mass is 268 g/mol. The van der Waals surface area contributed by atoms with Gasteiger partial charge in [0.25, 0.3) is 0 Å². The second-order valence-corrected chi connectivity index (χ2v) is 4.63. The summed E-state index contributed by atoms with van der Waals surface area (Å²) in [6, 6.07) is 0. The van der Waals surface area contributed by atoms with Gasteiger partial charge >= 0.3 is 29.6 Å². The normalized spacial score (nSPS) is 13.7. The number of aliphatic carboxylic acids is 1. The number of aliphatic hydroxyl groups excluding tert-OH is 2. The molecule has 0 radical (unpaired) electrons. The third kappa shape index (κ3) is 12.8. The summed E-state index contributed by atoms with van der Waals surface area (Å²) in [5.74, 6) is -1.51. The van der Waals surface area contributed by atoms with Gasteiger partial charge in [0.2, 0.25) is 0 Å². The Morgan fingerprint density at radius 3 is 2.06 bits per heavy atom. The summed E-state index contributed by atoms with van der Waals surface area (Å²) in [6.45, 7) is 2.18. The number of hydrogen-bond donors (Lipinski definition) is 2. The van der Waals surface area contributed by atoms with Crippen molar-refractivity contribution in [3.63, 3.8) is 0 Å². The topological polar surface area (TPSA) is 80.6 Å². The number of aliphatic hydroxyl groups is 2. The van der Waals surface area contributed by atoms with Crippen molar-refractivity contribution in [3.05, 3.63) is 0 Å². The minimum atomic E-state index is -1.55. The molecule has 5 heteroatoms. The van der Waals surface area contributed by atoms with Gasteiger partial charge in [-0.15, -0.1) is 0 Å². The first-order chi connectivity index (χ1) is 8.07. The van der Waals surface area contributed by atoms with E-state index in [1.54, 1.807) is 0 Å². The molecule has 2 unspecified atom stereocenters. The average Bonchev–Trinajstić information content (AvgIpc) is 2.27. The maximum atomic E-state index is 10.2. The van der Waals surface area contributed by atoms with Crippen molar-refractivity contribution in [2.24, 2.45) is 0 Å². The van der Waals surface area contributed by atoms with E-state index in [1.807, 2.05) is 0 Å². The third-order valence-electron chi connectivity index (χ3n) is 2.91. The van der Waals surface area contributed by atoms with E-state index in [-0.39, 0.29) is 36.0 Å². The summed E-state index contributed by atoms with van der Waals surface area (Å²) in [4.78, 5) is 10.2. The van der Waals surface area contributed by atoms with Crippen molar-refractivity contribution in [1.29, 1.82) is 0 Å². The zero-order valence-corrected chi connectivity index (χ0v) is 13.7. The standard InChI is InChI=1S/C13H26O4.Na/c1-2-3-4-5-6-7-8-9-11(14)10-12(15)13(16)17;/h11-12,14-15H,2-10H2,1H3,(H,16,17);/q;+1/p-1. The van der Waals surface area contributed by atoms with E-state index in [2.05, 4.69) is 6.92 Å². The van der Waals surface area contributed by atoms with Crippen LogP contribution in [-0.2, 0) is 4.79 Å². The van der Waals surface area contributed by atoms with Crippen molar-refractivity contribution in [2.75, 3.05) is 0 Å². The molecule has 0 aliphatic carbocycles. The molecule has 0 heterocycles. The smallest absolute Gasteiger partial charge is 0.547 e. The second-order valence-electron chi connectivity index (χ2n) is 4.63. The van der Waals surface area contributed by atoms with Gasteiger partial charge in [-0.25, -0.2) is 0 Å². The van der Waals surface area contributed by atoms with Crippen LogP contribution in [-0.4, -0.2) is 28.4 Å². The van der Waals surface area contributed by atoms with Gasteiger partial charge in [0.1, 0.15) is 0 Å². The van der Waals surface area contributed by atoms with Crippen LogP contribution in [0, 0.1) is 0 Å². The number of hydrogen-bond acceptors (Lipinski definition) is 4. The average molecular weight is 268 g/mol. The van der Waals surface area contributed by atoms with E-state index in [9.17, 15) is 15.0 Å². The molecule has 0 spiro atoms. The minimum absolute atomic E-state index is 0. The number of unbranched alkanes of at least 4 members (excludes halogenated alkanes) is 6. The Kier molecular flexibility index (Phi) is 15.9. The van der Waals surface area contributed by atoms with Gasteiger partial charge < -0.3 is 20.1 Å². The van der Waals surface area contributed by atoms with Crippen molar-refractivity contribution in [3.8, 4) is 0 Å². The maximum Gasteiger partial charge on any atom is 1.00 e. The molecule has 2 atom stereocenters. The van der Waals surface area contributed by atoms with Gasteiger partial charge in [-0.2, -0.15) is 0 Å². The number of carboxylic acid groups (broad SMARTS) is 1. The number of carbonyl (C=O) groups excluding carboxylic acids is 1. The zero-order chi connectivity index (χ0) is 13.1. The van der Waals surface area contributed by atoms with Crippen LogP contribution in [0.1, 0.15) is 64.7 Å². The van der Waals surface area contributed by atoms with Crippen molar-refractivity contribution in [2.45, 2.75) is 76.9 Å². The zero-order valence-electron chi connectivity index (χ0n) is 11.7. The summed E-state index contributed by atoms with van der Waals surface area (Å²) in [5, 5.41) is 28.7. The molecule has 0 saturated carbocycles. The number of carbonyl (C=O) groups is 1. The predicted octanol–water partition coefficient (Wildman–Crippen LogP) is -2.01. The summed E-state index contributed by atoms with van der Waals surface area (Å²) in [7, 11) is 0. The molecule has 4 nitrogen and oxygen atoms in total. The first kappa shape index (κ1) is 20.7. The summed E-state index contributed by atoms with van der Waals surface area (Å²) in [5.41, 5.74) is 0. The Balaban J connectivity index is 0. The molecule has 18 heavy (non-hydrogen) atoms. The molecule has 0 bridgehead atoms. The minimum Gasteiger partial charge on any atom is -0.547 e. The number of rotatable bonds is 11. The van der Waals surface area contributed by atoms with E-state index in [0.29, 0.717) is 6.42 Å². The second kappa shape index (κ2) is 13.8. The first-order valence-corrected chi connectivity index (χ1v) is 6.65. The molecule has 0 aromatic rings. The van der Waals surface area contributed by atoms with Crippen molar-refractivity contribution < 1.29 is 49.7 Å². The summed E-state index contributed by atoms with van der Waals surface area (Å²) >= 11 is 0. The first-order valence-electron chi connectivity index (χ1n) is 6.65. The van der Waals surface area contributed by atoms with E-state index >= 15 is 0 Å². The summed E-state index contributed by atoms with van der Waals surface area (Å²) < 4.78 is 0. The molecule has 2 N–H and O–H groups in total. The van der Waals surface area contributed by atoms with Gasteiger partial charge in [0.05, 0.1) is 18.2 Å². The van der Waals surface area contributed by atoms with Crippen LogP contribution in [0.2, 0.25) is 0 Å². The van der Waals surface area contributed by atoms with E-state index < -0.39 is 18.2 Å². The Labute approximate surface area is 132 Å². The molecule has 0 amide bonds. The fourth-order valence-electron chi connectivity index (χ4n) is 1.81. The molecule has 0 aliphatic heterocycles. The molecule has 0 aromatic heterocycles. The third-order valence-corrected chi connectivity index (χ3v) is 2.91. The molecule has 0 aliphatic rings. The molecular formula is C13H25NaO4. The molecular weight excluding hydrogens is 243 g/mol. The largest absolute Gasteiger partial charge is 1.00 e. The molecule has 102 valence electrons. The van der Waals surface area contributed by atoms with Gasteiger partial charge in [0.15, 0.2) is 0 Å². The Hall–Kier alpha value is 0.390. The summed E-state index contributed by atoms with van der Waals surface area (Å²) in [6.07, 6.45) is 6.25. The molecule has 0 saturated heterocycles. The quantitative estimate of drug-likeness (QED) is 0.335. The van der Waals surface area contributed by atoms with Crippen LogP contribution in [0.4, 0.5) is 0 Å². The van der Waals surface area contributed by atoms with E-state index in [0.717, 1.165) is 19.3 Å². The van der Waals surface area contributed by atoms with Crippen LogP contribution < -0.4 is 34.7 Å². The van der Waals surface area contributed by atoms with Crippen LogP contribution in [0.5, 0.6) is 0 Å². The maximum absolute atomic E-state index is 10.2.